The van der Waals surface area contributed by atoms with E-state index in [4.69, 9.17) is 5.73 Å². The lowest BCUT2D eigenvalue weighted by molar-refractivity contribution is -0.123. The Kier molecular flexibility index (Phi) is 5.95. The van der Waals surface area contributed by atoms with Gasteiger partial charge >= 0.3 is 0 Å². The number of phenolic OH excluding ortho intramolecular Hbond substituents is 1. The topological polar surface area (TPSA) is 75.4 Å². The zero-order chi connectivity index (χ0) is 12.3. The Bertz CT molecular complexity index is 410. The van der Waals surface area contributed by atoms with Gasteiger partial charge in [0.25, 0.3) is 0 Å². The van der Waals surface area contributed by atoms with Crippen LogP contribution in [0.5, 0.6) is 5.75 Å². The van der Waals surface area contributed by atoms with Gasteiger partial charge in [0.2, 0.25) is 5.91 Å². The molecule has 0 saturated carbocycles. The summed E-state index contributed by atoms with van der Waals surface area (Å²) >= 11 is 3.27. The van der Waals surface area contributed by atoms with Crippen LogP contribution in [-0.2, 0) is 4.79 Å². The number of carbonyl (C=O) groups is 1. The quantitative estimate of drug-likeness (QED) is 0.748. The van der Waals surface area contributed by atoms with E-state index in [-0.39, 0.29) is 30.6 Å². The van der Waals surface area contributed by atoms with Crippen molar-refractivity contribution in [3.8, 4) is 5.75 Å². The maximum absolute atomic E-state index is 11.8. The van der Waals surface area contributed by atoms with E-state index in [1.54, 1.807) is 26.0 Å². The van der Waals surface area contributed by atoms with Crippen LogP contribution in [0, 0.1) is 5.41 Å². The Morgan fingerprint density at radius 3 is 2.65 bits per heavy atom. The molecule has 96 valence electrons. The Balaban J connectivity index is 0.00000256. The summed E-state index contributed by atoms with van der Waals surface area (Å²) in [6.45, 7) is 3.74. The molecular weight excluding hydrogens is 307 g/mol. The summed E-state index contributed by atoms with van der Waals surface area (Å²) in [6, 6.07) is 4.84. The number of rotatable bonds is 3. The van der Waals surface area contributed by atoms with Crippen LogP contribution in [0.2, 0.25) is 0 Å². The van der Waals surface area contributed by atoms with E-state index < -0.39 is 5.41 Å². The number of hydrogen-bond acceptors (Lipinski definition) is 3. The maximum atomic E-state index is 11.8. The number of phenols is 1. The zero-order valence-corrected chi connectivity index (χ0v) is 12.1. The normalized spacial score (nSPS) is 10.6. The van der Waals surface area contributed by atoms with E-state index in [1.807, 2.05) is 0 Å². The first-order valence-corrected chi connectivity index (χ1v) is 5.66. The lowest BCUT2D eigenvalue weighted by Crippen LogP contribution is -2.37. The molecule has 0 radical (unpaired) electrons. The predicted molar refractivity (Wildman–Crippen MR) is 74.5 cm³/mol. The Labute approximate surface area is 115 Å². The van der Waals surface area contributed by atoms with Gasteiger partial charge in [-0.05, 0) is 32.0 Å². The van der Waals surface area contributed by atoms with Gasteiger partial charge < -0.3 is 16.2 Å². The van der Waals surface area contributed by atoms with Crippen LogP contribution in [0.3, 0.4) is 0 Å². The first kappa shape index (κ1) is 16.2. The van der Waals surface area contributed by atoms with Gasteiger partial charge in [0.1, 0.15) is 5.75 Å². The molecule has 0 unspecified atom stereocenters. The molecule has 0 heterocycles. The largest absolute Gasteiger partial charge is 0.506 e. The second-order valence-corrected chi connectivity index (χ2v) is 5.12. The van der Waals surface area contributed by atoms with Gasteiger partial charge in [-0.2, -0.15) is 0 Å². The fraction of sp³-hybridized carbons (Fsp3) is 0.364. The highest BCUT2D eigenvalue weighted by atomic mass is 79.9. The molecule has 0 atom stereocenters. The number of anilines is 1. The molecular formula is C11H16BrClN2O2. The van der Waals surface area contributed by atoms with E-state index in [0.717, 1.165) is 4.47 Å². The van der Waals surface area contributed by atoms with Crippen molar-refractivity contribution in [3.63, 3.8) is 0 Å². The number of benzene rings is 1. The van der Waals surface area contributed by atoms with E-state index in [2.05, 4.69) is 21.2 Å². The van der Waals surface area contributed by atoms with Crippen molar-refractivity contribution >= 4 is 39.9 Å². The van der Waals surface area contributed by atoms with Gasteiger partial charge in [-0.25, -0.2) is 0 Å². The number of halogens is 2. The fourth-order valence-corrected chi connectivity index (χ4v) is 1.35. The number of hydrogen-bond donors (Lipinski definition) is 3. The lowest BCUT2D eigenvalue weighted by atomic mass is 9.92. The number of aromatic hydroxyl groups is 1. The van der Waals surface area contributed by atoms with Gasteiger partial charge in [-0.3, -0.25) is 4.79 Å². The predicted octanol–water partition coefficient (Wildman–Crippen LogP) is 2.50. The Morgan fingerprint density at radius 1 is 1.53 bits per heavy atom. The molecule has 0 saturated heterocycles. The maximum Gasteiger partial charge on any atom is 0.231 e. The highest BCUT2D eigenvalue weighted by molar-refractivity contribution is 9.10. The monoisotopic (exact) mass is 322 g/mol. The van der Waals surface area contributed by atoms with Gasteiger partial charge in [0.15, 0.2) is 0 Å². The first-order chi connectivity index (χ1) is 7.36. The third kappa shape index (κ3) is 4.18. The summed E-state index contributed by atoms with van der Waals surface area (Å²) < 4.78 is 0.783. The molecule has 0 aliphatic heterocycles. The van der Waals surface area contributed by atoms with Crippen molar-refractivity contribution in [1.29, 1.82) is 0 Å². The number of carbonyl (C=O) groups excluding carboxylic acids is 1. The van der Waals surface area contributed by atoms with Crippen LogP contribution >= 0.6 is 28.3 Å². The molecule has 0 aromatic heterocycles. The molecule has 4 N–H and O–H groups in total. The fourth-order valence-electron chi connectivity index (χ4n) is 0.993. The van der Waals surface area contributed by atoms with Crippen molar-refractivity contribution in [2.24, 2.45) is 11.1 Å². The molecule has 17 heavy (non-hydrogen) atoms. The van der Waals surface area contributed by atoms with E-state index in [0.29, 0.717) is 5.69 Å². The average Bonchev–Trinajstić information content (AvgIpc) is 2.23. The summed E-state index contributed by atoms with van der Waals surface area (Å²) in [5, 5.41) is 12.2. The van der Waals surface area contributed by atoms with Crippen LogP contribution < -0.4 is 11.1 Å². The van der Waals surface area contributed by atoms with Crippen molar-refractivity contribution < 1.29 is 9.90 Å². The van der Waals surface area contributed by atoms with Gasteiger partial charge in [0.05, 0.1) is 11.1 Å². The summed E-state index contributed by atoms with van der Waals surface area (Å²) in [5.41, 5.74) is 5.21. The lowest BCUT2D eigenvalue weighted by Gasteiger charge is -2.21. The molecule has 6 heteroatoms. The molecule has 0 fully saturated rings. The molecule has 0 aliphatic rings. The minimum Gasteiger partial charge on any atom is -0.506 e. The van der Waals surface area contributed by atoms with Gasteiger partial charge in [0, 0.05) is 11.0 Å². The van der Waals surface area contributed by atoms with Crippen molar-refractivity contribution in [2.75, 3.05) is 11.9 Å². The second-order valence-electron chi connectivity index (χ2n) is 4.20. The second kappa shape index (κ2) is 6.23. The van der Waals surface area contributed by atoms with E-state index >= 15 is 0 Å². The molecule has 1 amide bonds. The third-order valence-corrected chi connectivity index (χ3v) is 2.83. The summed E-state index contributed by atoms with van der Waals surface area (Å²) in [4.78, 5) is 11.8. The summed E-state index contributed by atoms with van der Waals surface area (Å²) in [5.74, 6) is -0.187. The van der Waals surface area contributed by atoms with Crippen LogP contribution in [0.25, 0.3) is 0 Å². The molecule has 1 aromatic carbocycles. The SMILES string of the molecule is CC(C)(CN)C(=O)Nc1cc(Br)ccc1O.Cl. The minimum absolute atomic E-state index is 0. The van der Waals surface area contributed by atoms with Crippen LogP contribution in [0.15, 0.2) is 22.7 Å². The van der Waals surface area contributed by atoms with Crippen LogP contribution in [0.4, 0.5) is 5.69 Å². The molecule has 1 rings (SSSR count). The highest BCUT2D eigenvalue weighted by Crippen LogP contribution is 2.28. The number of amides is 1. The van der Waals surface area contributed by atoms with E-state index in [1.165, 1.54) is 6.07 Å². The third-order valence-electron chi connectivity index (χ3n) is 2.33. The van der Waals surface area contributed by atoms with Gasteiger partial charge in [-0.15, -0.1) is 12.4 Å². The Morgan fingerprint density at radius 2 is 2.12 bits per heavy atom. The highest BCUT2D eigenvalue weighted by Gasteiger charge is 2.26. The molecule has 1 aromatic rings. The molecule has 0 bridgehead atoms. The summed E-state index contributed by atoms with van der Waals surface area (Å²) in [6.07, 6.45) is 0. The number of nitrogens with two attached hydrogens (primary N) is 1. The standard InChI is InChI=1S/C11H15BrN2O2.ClH/c1-11(2,6-13)10(16)14-8-5-7(12)3-4-9(8)15;/h3-5,15H,6,13H2,1-2H3,(H,14,16);1H. The van der Waals surface area contributed by atoms with E-state index in [9.17, 15) is 9.90 Å². The smallest absolute Gasteiger partial charge is 0.231 e. The molecule has 0 spiro atoms. The van der Waals surface area contributed by atoms with Crippen LogP contribution in [-0.4, -0.2) is 17.6 Å². The first-order valence-electron chi connectivity index (χ1n) is 4.87. The van der Waals surface area contributed by atoms with Crippen molar-refractivity contribution in [3.05, 3.63) is 22.7 Å². The number of nitrogens with one attached hydrogen (secondary N) is 1. The van der Waals surface area contributed by atoms with Gasteiger partial charge in [-0.1, -0.05) is 15.9 Å². The van der Waals surface area contributed by atoms with Crippen LogP contribution in [0.1, 0.15) is 13.8 Å². The average molecular weight is 324 g/mol. The minimum atomic E-state index is -0.658. The van der Waals surface area contributed by atoms with Crippen molar-refractivity contribution in [2.45, 2.75) is 13.8 Å². The zero-order valence-electron chi connectivity index (χ0n) is 9.66. The molecule has 0 aliphatic carbocycles. The molecule has 4 nitrogen and oxygen atoms in total. The summed E-state index contributed by atoms with van der Waals surface area (Å²) in [7, 11) is 0. The van der Waals surface area contributed by atoms with Crippen molar-refractivity contribution in [1.82, 2.24) is 0 Å². The Hall–Kier alpha value is -0.780.